The summed E-state index contributed by atoms with van der Waals surface area (Å²) in [5.74, 6) is -0.655. The van der Waals surface area contributed by atoms with Crippen LogP contribution in [0.4, 0.5) is 15.8 Å². The number of rotatable bonds is 2. The number of nitrogens with two attached hydrogens (primary N) is 1. The molecule has 4 nitrogen and oxygen atoms in total. The fourth-order valence-electron chi connectivity index (χ4n) is 1.03. The normalized spacial score (nSPS) is 11.4. The Kier molecular flexibility index (Phi) is 2.66. The van der Waals surface area contributed by atoms with Crippen molar-refractivity contribution in [1.29, 1.82) is 0 Å². The van der Waals surface area contributed by atoms with Crippen molar-refractivity contribution >= 4 is 21.4 Å². The SMILES string of the molecule is CN(c1c(N)cccc1F)S(C)(=O)=O. The minimum atomic E-state index is -3.49. The topological polar surface area (TPSA) is 63.4 Å². The Morgan fingerprint density at radius 3 is 2.43 bits per heavy atom. The number of benzene rings is 1. The van der Waals surface area contributed by atoms with Crippen molar-refractivity contribution in [3.05, 3.63) is 24.0 Å². The van der Waals surface area contributed by atoms with Crippen LogP contribution in [0.15, 0.2) is 18.2 Å². The second-order valence-electron chi connectivity index (χ2n) is 2.91. The van der Waals surface area contributed by atoms with E-state index in [0.29, 0.717) is 0 Å². The number of halogens is 1. The van der Waals surface area contributed by atoms with Gasteiger partial charge in [-0.2, -0.15) is 0 Å². The molecule has 0 spiro atoms. The molecule has 0 unspecified atom stereocenters. The van der Waals surface area contributed by atoms with E-state index in [9.17, 15) is 12.8 Å². The van der Waals surface area contributed by atoms with Gasteiger partial charge in [-0.05, 0) is 12.1 Å². The monoisotopic (exact) mass is 218 g/mol. The fourth-order valence-corrected chi connectivity index (χ4v) is 1.55. The van der Waals surface area contributed by atoms with Crippen LogP contribution in [0.2, 0.25) is 0 Å². The first-order valence-corrected chi connectivity index (χ1v) is 5.66. The molecule has 0 saturated carbocycles. The molecule has 78 valence electrons. The first kappa shape index (κ1) is 10.8. The molecule has 0 atom stereocenters. The third-order valence-corrected chi connectivity index (χ3v) is 3.01. The lowest BCUT2D eigenvalue weighted by molar-refractivity contribution is 0.595. The average molecular weight is 218 g/mol. The lowest BCUT2D eigenvalue weighted by Gasteiger charge is -2.18. The molecular weight excluding hydrogens is 207 g/mol. The molecule has 1 aromatic carbocycles. The van der Waals surface area contributed by atoms with Crippen LogP contribution in [0.3, 0.4) is 0 Å². The van der Waals surface area contributed by atoms with Crippen molar-refractivity contribution in [2.45, 2.75) is 0 Å². The van der Waals surface area contributed by atoms with Gasteiger partial charge >= 0.3 is 0 Å². The Bertz CT molecular complexity index is 424. The van der Waals surface area contributed by atoms with Gasteiger partial charge < -0.3 is 5.73 Å². The van der Waals surface area contributed by atoms with Crippen molar-refractivity contribution in [3.8, 4) is 0 Å². The Balaban J connectivity index is 3.33. The predicted molar refractivity (Wildman–Crippen MR) is 54.1 cm³/mol. The van der Waals surface area contributed by atoms with Crippen LogP contribution in [0, 0.1) is 5.82 Å². The zero-order chi connectivity index (χ0) is 10.9. The first-order valence-electron chi connectivity index (χ1n) is 3.82. The van der Waals surface area contributed by atoms with Gasteiger partial charge in [-0.15, -0.1) is 0 Å². The van der Waals surface area contributed by atoms with Crippen molar-refractivity contribution in [3.63, 3.8) is 0 Å². The minimum absolute atomic E-state index is 0.0953. The van der Waals surface area contributed by atoms with Gasteiger partial charge in [0.25, 0.3) is 0 Å². The third-order valence-electron chi connectivity index (χ3n) is 1.83. The van der Waals surface area contributed by atoms with Crippen LogP contribution in [0.5, 0.6) is 0 Å². The standard InChI is InChI=1S/C8H11FN2O2S/c1-11(14(2,12)13)8-6(9)4-3-5-7(8)10/h3-5H,10H2,1-2H3. The Morgan fingerprint density at radius 1 is 1.43 bits per heavy atom. The van der Waals surface area contributed by atoms with Gasteiger partial charge in [0.1, 0.15) is 11.5 Å². The first-order chi connectivity index (χ1) is 6.34. The van der Waals surface area contributed by atoms with E-state index in [1.54, 1.807) is 0 Å². The van der Waals surface area contributed by atoms with E-state index in [4.69, 9.17) is 5.73 Å². The van der Waals surface area contributed by atoms with Crippen molar-refractivity contribution in [1.82, 2.24) is 0 Å². The molecule has 6 heteroatoms. The summed E-state index contributed by atoms with van der Waals surface area (Å²) in [4.78, 5) is 0. The minimum Gasteiger partial charge on any atom is -0.397 e. The molecule has 0 bridgehead atoms. The van der Waals surface area contributed by atoms with Gasteiger partial charge in [-0.1, -0.05) is 6.07 Å². The second kappa shape index (κ2) is 3.45. The van der Waals surface area contributed by atoms with Crippen LogP contribution >= 0.6 is 0 Å². The molecule has 14 heavy (non-hydrogen) atoms. The van der Waals surface area contributed by atoms with E-state index in [0.717, 1.165) is 16.6 Å². The van der Waals surface area contributed by atoms with Crippen LogP contribution in [-0.4, -0.2) is 21.7 Å². The number of nitrogen functional groups attached to an aromatic ring is 1. The second-order valence-corrected chi connectivity index (χ2v) is 4.92. The molecule has 0 aliphatic carbocycles. The van der Waals surface area contributed by atoms with Gasteiger partial charge in [0.15, 0.2) is 0 Å². The van der Waals surface area contributed by atoms with Gasteiger partial charge in [-0.3, -0.25) is 4.31 Å². The lowest BCUT2D eigenvalue weighted by atomic mass is 10.2. The summed E-state index contributed by atoms with van der Waals surface area (Å²) >= 11 is 0. The number of nitrogens with zero attached hydrogens (tertiary/aromatic N) is 1. The largest absolute Gasteiger partial charge is 0.397 e. The van der Waals surface area contributed by atoms with Crippen molar-refractivity contribution < 1.29 is 12.8 Å². The highest BCUT2D eigenvalue weighted by Gasteiger charge is 2.18. The number of hydrogen-bond acceptors (Lipinski definition) is 3. The predicted octanol–water partition coefficient (Wildman–Crippen LogP) is 0.804. The Morgan fingerprint density at radius 2 is 2.00 bits per heavy atom. The van der Waals surface area contributed by atoms with Gasteiger partial charge in [0, 0.05) is 7.05 Å². The average Bonchev–Trinajstić information content (AvgIpc) is 2.01. The van der Waals surface area contributed by atoms with Gasteiger partial charge in [-0.25, -0.2) is 12.8 Å². The molecule has 2 N–H and O–H groups in total. The van der Waals surface area contributed by atoms with Crippen molar-refractivity contribution in [2.24, 2.45) is 0 Å². The van der Waals surface area contributed by atoms with E-state index in [1.165, 1.54) is 19.2 Å². The van der Waals surface area contributed by atoms with E-state index >= 15 is 0 Å². The molecule has 1 rings (SSSR count). The van der Waals surface area contributed by atoms with E-state index in [-0.39, 0.29) is 11.4 Å². The number of hydrogen-bond donors (Lipinski definition) is 1. The van der Waals surface area contributed by atoms with Gasteiger partial charge in [0.2, 0.25) is 10.0 Å². The summed E-state index contributed by atoms with van der Waals surface area (Å²) in [5.41, 5.74) is 5.45. The number of sulfonamides is 1. The highest BCUT2D eigenvalue weighted by atomic mass is 32.2. The van der Waals surface area contributed by atoms with Crippen LogP contribution in [-0.2, 0) is 10.0 Å². The summed E-state index contributed by atoms with van der Waals surface area (Å²) in [6.45, 7) is 0. The molecular formula is C8H11FN2O2S. The maximum atomic E-state index is 13.2. The smallest absolute Gasteiger partial charge is 0.232 e. The summed E-state index contributed by atoms with van der Waals surface area (Å²) in [6.07, 6.45) is 0.985. The zero-order valence-corrected chi connectivity index (χ0v) is 8.68. The lowest BCUT2D eigenvalue weighted by Crippen LogP contribution is -2.26. The molecule has 0 heterocycles. The molecule has 0 aliphatic rings. The Hall–Kier alpha value is -1.30. The van der Waals surface area contributed by atoms with E-state index < -0.39 is 15.8 Å². The highest BCUT2D eigenvalue weighted by Crippen LogP contribution is 2.26. The summed E-state index contributed by atoms with van der Waals surface area (Å²) < 4.78 is 36.3. The molecule has 0 radical (unpaired) electrons. The van der Waals surface area contributed by atoms with Crippen LogP contribution in [0.1, 0.15) is 0 Å². The molecule has 0 aromatic heterocycles. The molecule has 0 saturated heterocycles. The fraction of sp³-hybridized carbons (Fsp3) is 0.250. The maximum Gasteiger partial charge on any atom is 0.232 e. The summed E-state index contributed by atoms with van der Waals surface area (Å²) in [7, 11) is -2.23. The summed E-state index contributed by atoms with van der Waals surface area (Å²) in [5, 5.41) is 0. The van der Waals surface area contributed by atoms with Crippen LogP contribution < -0.4 is 10.0 Å². The number of anilines is 2. The maximum absolute atomic E-state index is 13.2. The molecule has 0 amide bonds. The van der Waals surface area contributed by atoms with E-state index in [2.05, 4.69) is 0 Å². The molecule has 1 aromatic rings. The highest BCUT2D eigenvalue weighted by molar-refractivity contribution is 7.92. The van der Waals surface area contributed by atoms with Crippen molar-refractivity contribution in [2.75, 3.05) is 23.3 Å². The quantitative estimate of drug-likeness (QED) is 0.747. The zero-order valence-electron chi connectivity index (χ0n) is 7.86. The van der Waals surface area contributed by atoms with Crippen LogP contribution in [0.25, 0.3) is 0 Å². The molecule has 0 aliphatic heterocycles. The third kappa shape index (κ3) is 1.95. The number of para-hydroxylation sites is 1. The summed E-state index contributed by atoms with van der Waals surface area (Å²) in [6, 6.07) is 4.03. The Labute approximate surface area is 82.2 Å². The molecule has 0 fully saturated rings. The van der Waals surface area contributed by atoms with Gasteiger partial charge in [0.05, 0.1) is 11.9 Å². The van der Waals surface area contributed by atoms with E-state index in [1.807, 2.05) is 0 Å².